The van der Waals surface area contributed by atoms with Crippen LogP contribution in [0.1, 0.15) is 38.6 Å². The van der Waals surface area contributed by atoms with E-state index in [2.05, 4.69) is 27.3 Å². The lowest BCUT2D eigenvalue weighted by Gasteiger charge is -2.32. The van der Waals surface area contributed by atoms with Crippen LogP contribution in [-0.2, 0) is 10.3 Å². The maximum absolute atomic E-state index is 12.4. The number of piperidine rings is 1. The van der Waals surface area contributed by atoms with Gasteiger partial charge in [-0.15, -0.1) is 10.2 Å². The van der Waals surface area contributed by atoms with Gasteiger partial charge in [0.05, 0.1) is 5.54 Å². The highest BCUT2D eigenvalue weighted by atomic mass is 32.1. The topological polar surface area (TPSA) is 84.1 Å². The standard InChI is InChI=1S/C13H23N5OS/c1-4-18-7-5-9(6-8-18)10(19)15-13(2,3)11-16-17-12(14)20-11/h9H,4-8H2,1-3H3,(H2,14,17)(H,15,19). The summed E-state index contributed by atoms with van der Waals surface area (Å²) in [5.41, 5.74) is 5.09. The van der Waals surface area contributed by atoms with Crippen molar-refractivity contribution in [2.24, 2.45) is 5.92 Å². The van der Waals surface area contributed by atoms with Crippen LogP contribution in [0.4, 0.5) is 5.13 Å². The molecule has 6 nitrogen and oxygen atoms in total. The van der Waals surface area contributed by atoms with Crippen molar-refractivity contribution in [1.82, 2.24) is 20.4 Å². The van der Waals surface area contributed by atoms with Crippen LogP contribution in [0.5, 0.6) is 0 Å². The van der Waals surface area contributed by atoms with Crippen molar-refractivity contribution in [3.8, 4) is 0 Å². The molecule has 0 spiro atoms. The van der Waals surface area contributed by atoms with Gasteiger partial charge in [0.2, 0.25) is 11.0 Å². The second-order valence-corrected chi connectivity index (χ2v) is 6.78. The van der Waals surface area contributed by atoms with E-state index >= 15 is 0 Å². The quantitative estimate of drug-likeness (QED) is 0.872. The number of anilines is 1. The smallest absolute Gasteiger partial charge is 0.223 e. The summed E-state index contributed by atoms with van der Waals surface area (Å²) in [5.74, 6) is 0.210. The first-order valence-electron chi connectivity index (χ1n) is 7.06. The first-order chi connectivity index (χ1) is 9.42. The average molecular weight is 297 g/mol. The van der Waals surface area contributed by atoms with E-state index in [-0.39, 0.29) is 11.8 Å². The lowest BCUT2D eigenvalue weighted by Crippen LogP contribution is -2.47. The van der Waals surface area contributed by atoms with Gasteiger partial charge in [-0.05, 0) is 46.3 Å². The van der Waals surface area contributed by atoms with Crippen LogP contribution in [-0.4, -0.2) is 40.6 Å². The van der Waals surface area contributed by atoms with Gasteiger partial charge in [0, 0.05) is 5.92 Å². The minimum atomic E-state index is -0.520. The van der Waals surface area contributed by atoms with Crippen molar-refractivity contribution in [2.75, 3.05) is 25.4 Å². The Hall–Kier alpha value is -1.21. The van der Waals surface area contributed by atoms with Crippen LogP contribution in [0.3, 0.4) is 0 Å². The van der Waals surface area contributed by atoms with Crippen molar-refractivity contribution >= 4 is 22.4 Å². The Morgan fingerprint density at radius 3 is 2.60 bits per heavy atom. The average Bonchev–Trinajstić information content (AvgIpc) is 2.86. The zero-order valence-corrected chi connectivity index (χ0v) is 13.2. The minimum absolute atomic E-state index is 0.0994. The molecular weight excluding hydrogens is 274 g/mol. The molecule has 1 saturated heterocycles. The number of rotatable bonds is 4. The summed E-state index contributed by atoms with van der Waals surface area (Å²) in [6.45, 7) is 9.09. The van der Waals surface area contributed by atoms with Crippen molar-refractivity contribution in [3.05, 3.63) is 5.01 Å². The van der Waals surface area contributed by atoms with Crippen LogP contribution in [0.25, 0.3) is 0 Å². The number of amides is 1. The zero-order chi connectivity index (χ0) is 14.8. The van der Waals surface area contributed by atoms with E-state index in [1.807, 2.05) is 13.8 Å². The number of aromatic nitrogens is 2. The van der Waals surface area contributed by atoms with Crippen LogP contribution >= 0.6 is 11.3 Å². The van der Waals surface area contributed by atoms with Crippen molar-refractivity contribution < 1.29 is 4.79 Å². The molecule has 2 rings (SSSR count). The first kappa shape index (κ1) is 15.2. The lowest BCUT2D eigenvalue weighted by molar-refractivity contribution is -0.128. The molecule has 0 aromatic carbocycles. The number of nitrogens with zero attached hydrogens (tertiary/aromatic N) is 3. The van der Waals surface area contributed by atoms with Gasteiger partial charge < -0.3 is 16.0 Å². The van der Waals surface area contributed by atoms with E-state index < -0.39 is 5.54 Å². The number of nitrogen functional groups attached to an aromatic ring is 1. The van der Waals surface area contributed by atoms with E-state index in [0.717, 1.165) is 37.5 Å². The molecule has 1 aliphatic rings. The number of nitrogens with one attached hydrogen (secondary N) is 1. The van der Waals surface area contributed by atoms with Crippen LogP contribution in [0.15, 0.2) is 0 Å². The molecule has 2 heterocycles. The maximum Gasteiger partial charge on any atom is 0.223 e. The molecule has 7 heteroatoms. The first-order valence-corrected chi connectivity index (χ1v) is 7.88. The Morgan fingerprint density at radius 2 is 2.10 bits per heavy atom. The van der Waals surface area contributed by atoms with Crippen molar-refractivity contribution in [2.45, 2.75) is 39.2 Å². The summed E-state index contributed by atoms with van der Waals surface area (Å²) in [7, 11) is 0. The second kappa shape index (κ2) is 6.05. The Labute approximate surface area is 123 Å². The SMILES string of the molecule is CCN1CCC(C(=O)NC(C)(C)c2nnc(N)s2)CC1. The molecule has 0 radical (unpaired) electrons. The monoisotopic (exact) mass is 297 g/mol. The third kappa shape index (κ3) is 3.46. The Bertz CT molecular complexity index is 465. The number of nitrogens with two attached hydrogens (primary N) is 1. The summed E-state index contributed by atoms with van der Waals surface area (Å²) in [6.07, 6.45) is 1.85. The molecule has 0 saturated carbocycles. The molecule has 0 unspecified atom stereocenters. The third-order valence-corrected chi connectivity index (χ3v) is 4.89. The molecule has 1 fully saturated rings. The van der Waals surface area contributed by atoms with Gasteiger partial charge in [-0.25, -0.2) is 0 Å². The third-order valence-electron chi connectivity index (χ3n) is 3.82. The normalized spacial score (nSPS) is 18.1. The summed E-state index contributed by atoms with van der Waals surface area (Å²) < 4.78 is 0. The molecule has 1 aromatic rings. The molecule has 0 atom stereocenters. The number of likely N-dealkylation sites (tertiary alicyclic amines) is 1. The second-order valence-electron chi connectivity index (χ2n) is 5.77. The maximum atomic E-state index is 12.4. The molecule has 112 valence electrons. The van der Waals surface area contributed by atoms with Crippen molar-refractivity contribution in [1.29, 1.82) is 0 Å². The van der Waals surface area contributed by atoms with E-state index in [0.29, 0.717) is 5.13 Å². The van der Waals surface area contributed by atoms with Crippen molar-refractivity contribution in [3.63, 3.8) is 0 Å². The zero-order valence-electron chi connectivity index (χ0n) is 12.3. The summed E-state index contributed by atoms with van der Waals surface area (Å²) in [4.78, 5) is 14.8. The summed E-state index contributed by atoms with van der Waals surface area (Å²) in [6, 6.07) is 0. The molecular formula is C13H23N5OS. The van der Waals surface area contributed by atoms with E-state index in [9.17, 15) is 4.79 Å². The summed E-state index contributed by atoms with van der Waals surface area (Å²) in [5, 5.41) is 12.1. The van der Waals surface area contributed by atoms with Gasteiger partial charge in [-0.1, -0.05) is 18.3 Å². The number of hydrogen-bond donors (Lipinski definition) is 2. The molecule has 3 N–H and O–H groups in total. The van der Waals surface area contributed by atoms with Crippen LogP contribution in [0.2, 0.25) is 0 Å². The van der Waals surface area contributed by atoms with Crippen LogP contribution < -0.4 is 11.1 Å². The van der Waals surface area contributed by atoms with Gasteiger partial charge in [0.15, 0.2) is 0 Å². The Kier molecular flexibility index (Phi) is 4.59. The largest absolute Gasteiger partial charge is 0.374 e. The molecule has 0 bridgehead atoms. The predicted octanol–water partition coefficient (Wildman–Crippen LogP) is 1.20. The van der Waals surface area contributed by atoms with Gasteiger partial charge in [-0.2, -0.15) is 0 Å². The number of carbonyl (C=O) groups is 1. The molecule has 0 aliphatic carbocycles. The minimum Gasteiger partial charge on any atom is -0.374 e. The van der Waals surface area contributed by atoms with E-state index in [1.165, 1.54) is 11.3 Å². The highest BCUT2D eigenvalue weighted by Crippen LogP contribution is 2.26. The number of hydrogen-bond acceptors (Lipinski definition) is 6. The highest BCUT2D eigenvalue weighted by molar-refractivity contribution is 7.15. The van der Waals surface area contributed by atoms with E-state index in [4.69, 9.17) is 5.73 Å². The Balaban J connectivity index is 1.94. The van der Waals surface area contributed by atoms with E-state index in [1.54, 1.807) is 0 Å². The molecule has 20 heavy (non-hydrogen) atoms. The fraction of sp³-hybridized carbons (Fsp3) is 0.769. The van der Waals surface area contributed by atoms with Gasteiger partial charge >= 0.3 is 0 Å². The fourth-order valence-corrected chi connectivity index (χ4v) is 3.13. The highest BCUT2D eigenvalue weighted by Gasteiger charge is 2.31. The fourth-order valence-electron chi connectivity index (χ4n) is 2.46. The number of carbonyl (C=O) groups excluding carboxylic acids is 1. The van der Waals surface area contributed by atoms with Gasteiger partial charge in [0.25, 0.3) is 0 Å². The molecule has 1 amide bonds. The van der Waals surface area contributed by atoms with Crippen LogP contribution in [0, 0.1) is 5.92 Å². The molecule has 1 aliphatic heterocycles. The Morgan fingerprint density at radius 1 is 1.45 bits per heavy atom. The predicted molar refractivity (Wildman–Crippen MR) is 80.3 cm³/mol. The summed E-state index contributed by atoms with van der Waals surface area (Å²) >= 11 is 1.32. The van der Waals surface area contributed by atoms with Gasteiger partial charge in [-0.3, -0.25) is 4.79 Å². The molecule has 1 aromatic heterocycles. The lowest BCUT2D eigenvalue weighted by atomic mass is 9.94. The van der Waals surface area contributed by atoms with Gasteiger partial charge in [0.1, 0.15) is 5.01 Å².